The quantitative estimate of drug-likeness (QED) is 0.363. The molecule has 2 aliphatic rings. The first kappa shape index (κ1) is 11.5. The summed E-state index contributed by atoms with van der Waals surface area (Å²) < 4.78 is 0. The Kier molecular flexibility index (Phi) is 2.42. The van der Waals surface area contributed by atoms with Crippen LogP contribution in [0.25, 0.3) is 0 Å². The third-order valence-corrected chi connectivity index (χ3v) is 1.76. The minimum absolute atomic E-state index is 0.202. The van der Waals surface area contributed by atoms with Crippen LogP contribution in [0.3, 0.4) is 0 Å². The first-order valence-corrected chi connectivity index (χ1v) is 4.08. The molecule has 2 aliphatic heterocycles. The van der Waals surface area contributed by atoms with E-state index in [4.69, 9.17) is 0 Å². The van der Waals surface area contributed by atoms with Crippen molar-refractivity contribution >= 4 is 11.9 Å². The molecule has 14 nitrogen and oxygen atoms in total. The van der Waals surface area contributed by atoms with Gasteiger partial charge in [0.1, 0.15) is 0 Å². The molecular weight excluding hydrogens is 256 g/mol. The SMILES string of the molecule is O=[N+]([O-])C1=NC(=C2N=C([N+](=O)[O-])NN2[O-])N([O-])N1. The predicted octanol–water partition coefficient (Wildman–Crippen LogP) is -1.99. The second kappa shape index (κ2) is 3.79. The first-order chi connectivity index (χ1) is 8.40. The zero-order valence-corrected chi connectivity index (χ0v) is 8.13. The Bertz CT molecular complexity index is 476. The number of hydrogen-bond donors (Lipinski definition) is 2. The molecule has 0 bridgehead atoms. The van der Waals surface area contributed by atoms with Crippen molar-refractivity contribution in [1.29, 1.82) is 0 Å². The summed E-state index contributed by atoms with van der Waals surface area (Å²) in [5, 5.41) is 42.7. The molecule has 14 heteroatoms. The molecule has 0 aromatic heterocycles. The van der Waals surface area contributed by atoms with E-state index in [9.17, 15) is 30.6 Å². The summed E-state index contributed by atoms with van der Waals surface area (Å²) in [6, 6.07) is 0. The molecule has 0 saturated carbocycles. The van der Waals surface area contributed by atoms with E-state index in [-0.39, 0.29) is 10.3 Å². The van der Waals surface area contributed by atoms with E-state index in [0.717, 1.165) is 0 Å². The molecule has 0 aromatic carbocycles. The molecule has 96 valence electrons. The summed E-state index contributed by atoms with van der Waals surface area (Å²) in [4.78, 5) is 25.0. The molecule has 2 N–H and O–H groups in total. The molecule has 0 aliphatic carbocycles. The Morgan fingerprint density at radius 1 is 0.889 bits per heavy atom. The second-order valence-corrected chi connectivity index (χ2v) is 2.84. The van der Waals surface area contributed by atoms with E-state index >= 15 is 0 Å². The number of nitrogens with one attached hydrogen (secondary N) is 2. The highest BCUT2D eigenvalue weighted by atomic mass is 16.6. The van der Waals surface area contributed by atoms with Crippen LogP contribution in [0.2, 0.25) is 0 Å². The van der Waals surface area contributed by atoms with Crippen molar-refractivity contribution in [2.24, 2.45) is 9.98 Å². The fourth-order valence-corrected chi connectivity index (χ4v) is 1.07. The number of hydrogen-bond acceptors (Lipinski definition) is 12. The Hall–Kier alpha value is -3.00. The van der Waals surface area contributed by atoms with Crippen molar-refractivity contribution < 1.29 is 9.85 Å². The number of nitro groups is 2. The lowest BCUT2D eigenvalue weighted by Crippen LogP contribution is -2.36. The third-order valence-electron chi connectivity index (χ3n) is 1.76. The van der Waals surface area contributed by atoms with Gasteiger partial charge in [0.2, 0.25) is 0 Å². The van der Waals surface area contributed by atoms with Crippen LogP contribution in [0.4, 0.5) is 0 Å². The van der Waals surface area contributed by atoms with Gasteiger partial charge < -0.3 is 30.6 Å². The number of hydroxylamine groups is 2. The van der Waals surface area contributed by atoms with Gasteiger partial charge in [0, 0.05) is 0 Å². The normalized spacial score (nSPS) is 22.3. The number of aliphatic imine (C=N–C) groups is 2. The maximum Gasteiger partial charge on any atom is 0.451 e. The van der Waals surface area contributed by atoms with Crippen molar-refractivity contribution in [2.75, 3.05) is 0 Å². The Balaban J connectivity index is 2.42. The smallest absolute Gasteiger partial charge is 0.451 e. The highest BCUT2D eigenvalue weighted by molar-refractivity contribution is 5.77. The molecule has 2 heterocycles. The second-order valence-electron chi connectivity index (χ2n) is 2.84. The van der Waals surface area contributed by atoms with Crippen molar-refractivity contribution in [3.05, 3.63) is 42.3 Å². The van der Waals surface area contributed by atoms with E-state index in [0.29, 0.717) is 0 Å². The fourth-order valence-electron chi connectivity index (χ4n) is 1.07. The predicted molar refractivity (Wildman–Crippen MR) is 52.6 cm³/mol. The molecule has 0 amide bonds. The molecule has 0 saturated heterocycles. The molecule has 0 spiro atoms. The lowest BCUT2D eigenvalue weighted by atomic mass is 10.6. The zero-order chi connectivity index (χ0) is 13.4. The number of rotatable bonds is 0. The molecular formula is C4H2N8O6-2. The van der Waals surface area contributed by atoms with Crippen molar-refractivity contribution in [2.45, 2.75) is 0 Å². The summed E-state index contributed by atoms with van der Waals surface area (Å²) in [6.07, 6.45) is 0. The zero-order valence-electron chi connectivity index (χ0n) is 8.13. The molecule has 18 heavy (non-hydrogen) atoms. The summed E-state index contributed by atoms with van der Waals surface area (Å²) in [6.45, 7) is 0. The van der Waals surface area contributed by atoms with Gasteiger partial charge in [0.15, 0.2) is 0 Å². The fraction of sp³-hybridized carbons (Fsp3) is 0. The minimum Gasteiger partial charge on any atom is -0.725 e. The van der Waals surface area contributed by atoms with Gasteiger partial charge in [-0.15, -0.1) is 0 Å². The summed E-state index contributed by atoms with van der Waals surface area (Å²) in [5.74, 6) is -3.38. The highest BCUT2D eigenvalue weighted by Crippen LogP contribution is 2.20. The minimum atomic E-state index is -1.01. The van der Waals surface area contributed by atoms with Crippen molar-refractivity contribution in [3.8, 4) is 0 Å². The van der Waals surface area contributed by atoms with Crippen LogP contribution in [-0.2, 0) is 0 Å². The first-order valence-electron chi connectivity index (χ1n) is 4.08. The number of nitrogens with zero attached hydrogens (tertiary/aromatic N) is 6. The van der Waals surface area contributed by atoms with E-state index in [2.05, 4.69) is 9.98 Å². The summed E-state index contributed by atoms with van der Waals surface area (Å²) >= 11 is 0. The average molecular weight is 258 g/mol. The van der Waals surface area contributed by atoms with Gasteiger partial charge >= 0.3 is 11.9 Å². The average Bonchev–Trinajstić information content (AvgIpc) is 2.82. The van der Waals surface area contributed by atoms with E-state index < -0.39 is 33.4 Å². The molecule has 0 fully saturated rings. The van der Waals surface area contributed by atoms with E-state index in [1.54, 1.807) is 10.9 Å². The van der Waals surface area contributed by atoms with Crippen LogP contribution in [0.5, 0.6) is 0 Å². The maximum atomic E-state index is 11.2. The molecule has 2 rings (SSSR count). The molecule has 0 unspecified atom stereocenters. The van der Waals surface area contributed by atoms with Gasteiger partial charge in [-0.1, -0.05) is 0 Å². The van der Waals surface area contributed by atoms with Crippen LogP contribution >= 0.6 is 0 Å². The maximum absolute atomic E-state index is 11.2. The Morgan fingerprint density at radius 3 is 1.44 bits per heavy atom. The van der Waals surface area contributed by atoms with Gasteiger partial charge in [0.25, 0.3) is 11.6 Å². The number of guanidine groups is 2. The van der Waals surface area contributed by atoms with Crippen molar-refractivity contribution in [1.82, 2.24) is 21.2 Å². The molecule has 0 atom stereocenters. The standard InChI is InChI=1S/C4H2N8O6/c13-9-1(5-3(7-9)11(15)16)2-6-4(12(17)18)8-10(2)14/h(H,5,7)(H,6,8)/q-2. The van der Waals surface area contributed by atoms with E-state index in [1.807, 2.05) is 0 Å². The van der Waals surface area contributed by atoms with Crippen LogP contribution in [0, 0.1) is 30.6 Å². The van der Waals surface area contributed by atoms with Crippen LogP contribution in [-0.4, -0.2) is 32.1 Å². The lowest BCUT2D eigenvalue weighted by molar-refractivity contribution is -0.356. The van der Waals surface area contributed by atoms with Crippen LogP contribution in [0.15, 0.2) is 21.6 Å². The van der Waals surface area contributed by atoms with Gasteiger partial charge in [-0.3, -0.25) is 10.3 Å². The largest absolute Gasteiger partial charge is 0.725 e. The third kappa shape index (κ3) is 1.72. The summed E-state index contributed by atoms with van der Waals surface area (Å²) in [7, 11) is 0. The van der Waals surface area contributed by atoms with E-state index in [1.165, 1.54) is 0 Å². The van der Waals surface area contributed by atoms with Crippen LogP contribution < -0.4 is 10.9 Å². The summed E-state index contributed by atoms with van der Waals surface area (Å²) in [5.41, 5.74) is 3.37. The van der Waals surface area contributed by atoms with Gasteiger partial charge in [-0.05, 0) is 19.8 Å². The van der Waals surface area contributed by atoms with Gasteiger partial charge in [-0.25, -0.2) is 0 Å². The van der Waals surface area contributed by atoms with Crippen molar-refractivity contribution in [3.63, 3.8) is 0 Å². The topological polar surface area (TPSA) is 188 Å². The number of hydrazine groups is 2. The molecule has 0 aromatic rings. The Labute approximate surface area is 96.3 Å². The van der Waals surface area contributed by atoms with Gasteiger partial charge in [-0.2, -0.15) is 10.9 Å². The Morgan fingerprint density at radius 2 is 1.22 bits per heavy atom. The monoisotopic (exact) mass is 258 g/mol. The van der Waals surface area contributed by atoms with Gasteiger partial charge in [0.05, 0.1) is 0 Å². The van der Waals surface area contributed by atoms with Crippen LogP contribution in [0.1, 0.15) is 0 Å². The molecule has 0 radical (unpaired) electrons. The lowest BCUT2D eigenvalue weighted by Gasteiger charge is -2.22. The highest BCUT2D eigenvalue weighted by Gasteiger charge is 2.35.